The Kier molecular flexibility index (Phi) is 39.9. The van der Waals surface area contributed by atoms with Crippen molar-refractivity contribution in [1.29, 1.82) is 0 Å². The van der Waals surface area contributed by atoms with Crippen molar-refractivity contribution in [3.05, 3.63) is 0 Å². The molecule has 0 aliphatic heterocycles. The van der Waals surface area contributed by atoms with Gasteiger partial charge >= 0.3 is 29.6 Å². The summed E-state index contributed by atoms with van der Waals surface area (Å²) >= 11 is 0. The minimum absolute atomic E-state index is 0. The maximum Gasteiger partial charge on any atom is 1.00 e. The number of hydrogen-bond acceptors (Lipinski definition) is 3. The van der Waals surface area contributed by atoms with Gasteiger partial charge in [-0.3, -0.25) is 0 Å². The Bertz CT molecular complexity index is 442. The fourth-order valence-corrected chi connectivity index (χ4v) is 5.84. The zero-order valence-electron chi connectivity index (χ0n) is 28.1. The molecule has 0 radical (unpaired) electrons. The standard InChI is InChI=1S/C36H73NO2.Na/c1-3-5-7-9-11-13-15-17-19-21-23-25-27-29-33-37(35-31-32-36(38)39)34-30-28-26-24-22-20-18-16-14-12-10-8-6-4-2;/h3-35H2,1-2H3,(H,38,39);/q;+1/p-1. The Morgan fingerprint density at radius 2 is 0.625 bits per heavy atom. The van der Waals surface area contributed by atoms with Gasteiger partial charge in [0.2, 0.25) is 0 Å². The first-order chi connectivity index (χ1) is 19.2. The van der Waals surface area contributed by atoms with E-state index < -0.39 is 5.97 Å². The second-order valence-corrected chi connectivity index (χ2v) is 12.5. The van der Waals surface area contributed by atoms with Gasteiger partial charge in [0.05, 0.1) is 0 Å². The second kappa shape index (κ2) is 37.5. The number of carbonyl (C=O) groups is 1. The number of nitrogens with zero attached hydrogens (tertiary/aromatic N) is 1. The molecule has 0 N–H and O–H groups in total. The molecule has 0 atom stereocenters. The van der Waals surface area contributed by atoms with Crippen molar-refractivity contribution in [2.75, 3.05) is 19.6 Å². The first-order valence-electron chi connectivity index (χ1n) is 18.1. The Hall–Kier alpha value is 0.430. The summed E-state index contributed by atoms with van der Waals surface area (Å²) in [6.07, 6.45) is 40.1. The van der Waals surface area contributed by atoms with Crippen LogP contribution in [-0.2, 0) is 4.79 Å². The molecular weight excluding hydrogens is 501 g/mol. The SMILES string of the molecule is CCCCCCCCCCCCCCCCN(CCCCCCCCCCCCCCCC)CCCC(=O)[O-].[Na+]. The van der Waals surface area contributed by atoms with E-state index in [9.17, 15) is 9.90 Å². The van der Waals surface area contributed by atoms with Crippen molar-refractivity contribution in [2.24, 2.45) is 0 Å². The van der Waals surface area contributed by atoms with Crippen LogP contribution in [0, 0.1) is 0 Å². The van der Waals surface area contributed by atoms with Crippen LogP contribution in [0.5, 0.6) is 0 Å². The number of unbranched alkanes of at least 4 members (excludes halogenated alkanes) is 26. The Balaban J connectivity index is 0. The van der Waals surface area contributed by atoms with E-state index in [4.69, 9.17) is 0 Å². The first kappa shape index (κ1) is 42.6. The maximum atomic E-state index is 10.8. The smallest absolute Gasteiger partial charge is 0.550 e. The van der Waals surface area contributed by atoms with Crippen LogP contribution in [0.15, 0.2) is 0 Å². The quantitative estimate of drug-likeness (QED) is 0.0583. The monoisotopic (exact) mass is 574 g/mol. The largest absolute Gasteiger partial charge is 1.00 e. The summed E-state index contributed by atoms with van der Waals surface area (Å²) in [5, 5.41) is 10.8. The van der Waals surface area contributed by atoms with Gasteiger partial charge in [0, 0.05) is 5.97 Å². The minimum Gasteiger partial charge on any atom is -0.550 e. The van der Waals surface area contributed by atoms with Crippen LogP contribution < -0.4 is 34.7 Å². The Morgan fingerprint density at radius 1 is 0.400 bits per heavy atom. The molecule has 0 spiro atoms. The molecule has 4 heteroatoms. The van der Waals surface area contributed by atoms with Crippen molar-refractivity contribution < 1.29 is 39.5 Å². The minimum atomic E-state index is -0.900. The predicted octanol–water partition coefficient (Wildman–Crippen LogP) is 7.79. The van der Waals surface area contributed by atoms with Crippen LogP contribution in [0.4, 0.5) is 0 Å². The van der Waals surface area contributed by atoms with E-state index in [1.807, 2.05) is 0 Å². The summed E-state index contributed by atoms with van der Waals surface area (Å²) in [6.45, 7) is 7.79. The first-order valence-corrected chi connectivity index (χ1v) is 18.1. The average Bonchev–Trinajstić information content (AvgIpc) is 2.92. The van der Waals surface area contributed by atoms with Crippen LogP contribution in [0.25, 0.3) is 0 Å². The Morgan fingerprint density at radius 3 is 0.875 bits per heavy atom. The van der Waals surface area contributed by atoms with E-state index in [0.717, 1.165) is 26.1 Å². The summed E-state index contributed by atoms with van der Waals surface area (Å²) in [6, 6.07) is 0. The predicted molar refractivity (Wildman–Crippen MR) is 171 cm³/mol. The van der Waals surface area contributed by atoms with Gasteiger partial charge in [0.15, 0.2) is 0 Å². The van der Waals surface area contributed by atoms with Gasteiger partial charge in [-0.1, -0.05) is 181 Å². The van der Waals surface area contributed by atoms with E-state index >= 15 is 0 Å². The molecule has 0 saturated heterocycles. The maximum absolute atomic E-state index is 10.8. The van der Waals surface area contributed by atoms with Crippen LogP contribution in [0.3, 0.4) is 0 Å². The molecule has 234 valence electrons. The van der Waals surface area contributed by atoms with Gasteiger partial charge in [-0.15, -0.1) is 0 Å². The zero-order chi connectivity index (χ0) is 28.5. The molecule has 0 aliphatic rings. The average molecular weight is 574 g/mol. The van der Waals surface area contributed by atoms with Crippen molar-refractivity contribution in [3.8, 4) is 0 Å². The molecule has 0 amide bonds. The summed E-state index contributed by atoms with van der Waals surface area (Å²) < 4.78 is 0. The molecule has 0 rings (SSSR count). The molecule has 0 aromatic carbocycles. The van der Waals surface area contributed by atoms with E-state index in [-0.39, 0.29) is 36.0 Å². The van der Waals surface area contributed by atoms with E-state index in [1.54, 1.807) is 0 Å². The van der Waals surface area contributed by atoms with E-state index in [1.165, 1.54) is 180 Å². The third kappa shape index (κ3) is 36.5. The van der Waals surface area contributed by atoms with E-state index in [2.05, 4.69) is 18.7 Å². The van der Waals surface area contributed by atoms with Gasteiger partial charge in [-0.05, 0) is 45.3 Å². The van der Waals surface area contributed by atoms with Crippen LogP contribution in [-0.4, -0.2) is 30.5 Å². The van der Waals surface area contributed by atoms with Gasteiger partial charge < -0.3 is 14.8 Å². The van der Waals surface area contributed by atoms with Crippen molar-refractivity contribution in [2.45, 2.75) is 206 Å². The van der Waals surface area contributed by atoms with Crippen molar-refractivity contribution in [1.82, 2.24) is 4.90 Å². The Labute approximate surface area is 275 Å². The molecular formula is C36H72NNaO2. The second-order valence-electron chi connectivity index (χ2n) is 12.5. The van der Waals surface area contributed by atoms with Gasteiger partial charge in [-0.2, -0.15) is 0 Å². The molecule has 0 fully saturated rings. The fraction of sp³-hybridized carbons (Fsp3) is 0.972. The summed E-state index contributed by atoms with van der Waals surface area (Å²) in [5.41, 5.74) is 0. The number of carbonyl (C=O) groups excluding carboxylic acids is 1. The normalized spacial score (nSPS) is 11.3. The van der Waals surface area contributed by atoms with Crippen LogP contribution in [0.1, 0.15) is 206 Å². The summed E-state index contributed by atoms with van der Waals surface area (Å²) in [5.74, 6) is -0.900. The molecule has 40 heavy (non-hydrogen) atoms. The molecule has 0 unspecified atom stereocenters. The fourth-order valence-electron chi connectivity index (χ4n) is 5.84. The number of aliphatic carboxylic acids is 1. The zero-order valence-corrected chi connectivity index (χ0v) is 30.1. The summed E-state index contributed by atoms with van der Waals surface area (Å²) in [4.78, 5) is 13.4. The molecule has 0 aliphatic carbocycles. The van der Waals surface area contributed by atoms with Crippen LogP contribution in [0.2, 0.25) is 0 Å². The number of carboxylic acids is 1. The molecule has 0 saturated carbocycles. The van der Waals surface area contributed by atoms with Crippen molar-refractivity contribution >= 4 is 5.97 Å². The molecule has 0 heterocycles. The van der Waals surface area contributed by atoms with Gasteiger partial charge in [-0.25, -0.2) is 0 Å². The van der Waals surface area contributed by atoms with Crippen molar-refractivity contribution in [3.63, 3.8) is 0 Å². The molecule has 3 nitrogen and oxygen atoms in total. The summed E-state index contributed by atoms with van der Waals surface area (Å²) in [7, 11) is 0. The third-order valence-electron chi connectivity index (χ3n) is 8.51. The van der Waals surface area contributed by atoms with E-state index in [0.29, 0.717) is 0 Å². The number of carboxylic acid groups (broad SMARTS) is 1. The molecule has 0 aromatic rings. The van der Waals surface area contributed by atoms with Gasteiger partial charge in [0.1, 0.15) is 0 Å². The number of rotatable bonds is 34. The molecule has 0 aromatic heterocycles. The van der Waals surface area contributed by atoms with Gasteiger partial charge in [0.25, 0.3) is 0 Å². The molecule has 0 bridgehead atoms. The number of hydrogen-bond donors (Lipinski definition) is 0. The topological polar surface area (TPSA) is 43.4 Å². The third-order valence-corrected chi connectivity index (χ3v) is 8.51. The van der Waals surface area contributed by atoms with Crippen LogP contribution >= 0.6 is 0 Å².